The molecule has 25 heavy (non-hydrogen) atoms. The first kappa shape index (κ1) is 20.6. The van der Waals surface area contributed by atoms with Crippen molar-refractivity contribution in [2.75, 3.05) is 13.1 Å². The molecule has 1 atom stereocenters. The highest BCUT2D eigenvalue weighted by Crippen LogP contribution is 2.16. The van der Waals surface area contributed by atoms with E-state index in [9.17, 15) is 14.4 Å². The average Bonchev–Trinajstić information content (AvgIpc) is 3.06. The molecule has 1 aromatic carbocycles. The highest BCUT2D eigenvalue weighted by Gasteiger charge is 2.36. The van der Waals surface area contributed by atoms with Gasteiger partial charge in [-0.2, -0.15) is 0 Å². The smallest absolute Gasteiger partial charge is 0.480 e. The largest absolute Gasteiger partial charge is 0.552 e. The minimum atomic E-state index is -1.64. The number of carboxylic acids is 2. The zero-order chi connectivity index (χ0) is 18.8. The number of rotatable bonds is 6. The summed E-state index contributed by atoms with van der Waals surface area (Å²) in [6.07, 6.45) is 1.20. The molecule has 1 fully saturated rings. The first-order chi connectivity index (χ1) is 11.8. The molecule has 11 heteroatoms. The Labute approximate surface area is 144 Å². The molecule has 1 heterocycles. The molecule has 2 rings (SSSR count). The summed E-state index contributed by atoms with van der Waals surface area (Å²) in [7, 11) is -1.64. The fourth-order valence-electron chi connectivity index (χ4n) is 2.19. The first-order valence-electron chi connectivity index (χ1n) is 7.47. The van der Waals surface area contributed by atoms with Gasteiger partial charge in [-0.05, 0) is 31.5 Å². The van der Waals surface area contributed by atoms with E-state index in [1.54, 1.807) is 30.3 Å². The van der Waals surface area contributed by atoms with Crippen LogP contribution in [0.4, 0.5) is 0 Å². The number of nitrogens with one attached hydrogen (secondary N) is 2. The van der Waals surface area contributed by atoms with E-state index in [1.807, 2.05) is 0 Å². The Balaban J connectivity index is 0.000000257. The van der Waals surface area contributed by atoms with Crippen LogP contribution in [0.15, 0.2) is 30.3 Å². The Morgan fingerprint density at radius 1 is 1.16 bits per heavy atom. The Kier molecular flexibility index (Phi) is 8.57. The second kappa shape index (κ2) is 10.4. The molecule has 1 saturated heterocycles. The molecule has 10 nitrogen and oxygen atoms in total. The third-order valence-electron chi connectivity index (χ3n) is 3.35. The zero-order valence-corrected chi connectivity index (χ0v) is 13.3. The van der Waals surface area contributed by atoms with Gasteiger partial charge in [0.25, 0.3) is 5.91 Å². The number of hydrogen-bond acceptors (Lipinski definition) is 7. The maximum absolute atomic E-state index is 11.3. The summed E-state index contributed by atoms with van der Waals surface area (Å²) in [5, 5.41) is 34.2. The Hall–Kier alpha value is -2.47. The van der Waals surface area contributed by atoms with Crippen molar-refractivity contribution in [3.8, 4) is 0 Å². The number of aliphatic carboxylic acids is 2. The predicted octanol–water partition coefficient (Wildman–Crippen LogP) is -1.49. The van der Waals surface area contributed by atoms with Gasteiger partial charge in [0.15, 0.2) is 0 Å². The molecule has 0 saturated carbocycles. The van der Waals surface area contributed by atoms with E-state index in [0.717, 1.165) is 4.81 Å². The van der Waals surface area contributed by atoms with Gasteiger partial charge in [-0.1, -0.05) is 18.2 Å². The summed E-state index contributed by atoms with van der Waals surface area (Å²) in [5.74, 6) is -2.37. The van der Waals surface area contributed by atoms with Crippen LogP contribution in [0.1, 0.15) is 23.2 Å². The summed E-state index contributed by atoms with van der Waals surface area (Å²) >= 11 is 0. The summed E-state index contributed by atoms with van der Waals surface area (Å²) in [6, 6.07) is 7.80. The maximum atomic E-state index is 11.3. The molecule has 1 aliphatic heterocycles. The van der Waals surface area contributed by atoms with Crippen molar-refractivity contribution in [3.63, 3.8) is 0 Å². The van der Waals surface area contributed by atoms with Gasteiger partial charge in [-0.3, -0.25) is 24.6 Å². The van der Waals surface area contributed by atoms with E-state index < -0.39 is 25.2 Å². The van der Waals surface area contributed by atoms with Crippen molar-refractivity contribution in [2.45, 2.75) is 18.9 Å². The quantitative estimate of drug-likeness (QED) is 0.264. The molecule has 0 spiro atoms. The van der Waals surface area contributed by atoms with Gasteiger partial charge in [0.1, 0.15) is 12.6 Å². The lowest BCUT2D eigenvalue weighted by atomic mass is 10.0. The van der Waals surface area contributed by atoms with Crippen molar-refractivity contribution < 1.29 is 34.6 Å². The topological polar surface area (TPSA) is 159 Å². The molecule has 0 bridgehead atoms. The number of carbonyl (C=O) groups is 3. The minimum Gasteiger partial charge on any atom is -0.480 e. The van der Waals surface area contributed by atoms with E-state index in [-0.39, 0.29) is 12.5 Å². The van der Waals surface area contributed by atoms with Gasteiger partial charge in [0.2, 0.25) is 0 Å². The Bertz CT molecular complexity index is 585. The van der Waals surface area contributed by atoms with Crippen LogP contribution in [-0.2, 0) is 9.59 Å². The number of carbonyl (C=O) groups excluding carboxylic acids is 1. The average molecular weight is 353 g/mol. The van der Waals surface area contributed by atoms with E-state index in [1.165, 1.54) is 0 Å². The summed E-state index contributed by atoms with van der Waals surface area (Å²) in [5.41, 5.74) is 5.02. The molecule has 1 amide bonds. The molecular weight excluding hydrogens is 333 g/mol. The van der Waals surface area contributed by atoms with E-state index in [0.29, 0.717) is 24.9 Å². The number of hydrazine groups is 1. The lowest BCUT2D eigenvalue weighted by Gasteiger charge is -2.18. The van der Waals surface area contributed by atoms with E-state index >= 15 is 0 Å². The second-order valence-corrected chi connectivity index (χ2v) is 5.15. The van der Waals surface area contributed by atoms with Crippen LogP contribution in [0.3, 0.4) is 0 Å². The Morgan fingerprint density at radius 2 is 1.80 bits per heavy atom. The molecule has 0 radical (unpaired) electrons. The molecule has 0 aliphatic carbocycles. The second-order valence-electron chi connectivity index (χ2n) is 5.15. The number of carboxylic acid groups (broad SMARTS) is 2. The summed E-state index contributed by atoms with van der Waals surface area (Å²) < 4.78 is 0. The highest BCUT2D eigenvalue weighted by molar-refractivity contribution is 6.38. The normalized spacial score (nSPS) is 16.5. The monoisotopic (exact) mass is 353 g/mol. The Morgan fingerprint density at radius 3 is 2.28 bits per heavy atom. The maximum Gasteiger partial charge on any atom is 0.552 e. The van der Waals surface area contributed by atoms with Crippen LogP contribution in [0.2, 0.25) is 0 Å². The lowest BCUT2D eigenvalue weighted by molar-refractivity contribution is -0.141. The summed E-state index contributed by atoms with van der Waals surface area (Å²) in [4.78, 5) is 33.0. The third kappa shape index (κ3) is 7.31. The van der Waals surface area contributed by atoms with Crippen molar-refractivity contribution >= 4 is 25.1 Å². The molecule has 0 unspecified atom stereocenters. The van der Waals surface area contributed by atoms with Crippen LogP contribution in [0.25, 0.3) is 0 Å². The lowest BCUT2D eigenvalue weighted by Crippen LogP contribution is -2.46. The van der Waals surface area contributed by atoms with Crippen LogP contribution in [-0.4, -0.2) is 69.3 Å². The molecule has 1 aliphatic rings. The fraction of sp³-hybridized carbons (Fsp3) is 0.357. The molecule has 136 valence electrons. The van der Waals surface area contributed by atoms with E-state index in [2.05, 4.69) is 10.9 Å². The van der Waals surface area contributed by atoms with Crippen LogP contribution in [0, 0.1) is 0 Å². The molecule has 0 aromatic heterocycles. The summed E-state index contributed by atoms with van der Waals surface area (Å²) in [6.45, 7) is 0.132. The van der Waals surface area contributed by atoms with Crippen molar-refractivity contribution in [1.29, 1.82) is 0 Å². The minimum absolute atomic E-state index is 0.307. The number of nitrogens with zero attached hydrogens (tertiary/aromatic N) is 1. The third-order valence-corrected chi connectivity index (χ3v) is 3.35. The zero-order valence-electron chi connectivity index (χ0n) is 13.3. The van der Waals surface area contributed by atoms with Gasteiger partial charge in [0.05, 0.1) is 0 Å². The van der Waals surface area contributed by atoms with E-state index in [4.69, 9.17) is 20.3 Å². The van der Waals surface area contributed by atoms with Crippen LogP contribution in [0.5, 0.6) is 0 Å². The standard InChI is InChI=1S/C9H10N2O3.C5H10BNO4/c12-8(13)6-10-11-9(14)7-4-2-1-3-5-7;8-5(9)4-2-1-3-7(4)6(10)11/h1-5,10H,6H2,(H,11,14)(H,12,13);4,10-11H,1-3H2,(H,8,9)/t;4-/m.0/s1. The van der Waals surface area contributed by atoms with Gasteiger partial charge < -0.3 is 20.3 Å². The first-order valence-corrected chi connectivity index (χ1v) is 7.47. The predicted molar refractivity (Wildman–Crippen MR) is 87.1 cm³/mol. The highest BCUT2D eigenvalue weighted by atomic mass is 16.4. The van der Waals surface area contributed by atoms with Gasteiger partial charge >= 0.3 is 19.2 Å². The van der Waals surface area contributed by atoms with Crippen LogP contribution >= 0.6 is 0 Å². The van der Waals surface area contributed by atoms with Gasteiger partial charge in [-0.15, -0.1) is 0 Å². The number of amides is 1. The van der Waals surface area contributed by atoms with Crippen LogP contribution < -0.4 is 10.9 Å². The molecular formula is C14H20BN3O7. The van der Waals surface area contributed by atoms with Crippen molar-refractivity contribution in [3.05, 3.63) is 35.9 Å². The number of hydrogen-bond donors (Lipinski definition) is 6. The SMILES string of the molecule is O=C(O)CNNC(=O)c1ccccc1.O=C(O)[C@@H]1CCCN1B(O)O. The van der Waals surface area contributed by atoms with Gasteiger partial charge in [-0.25, -0.2) is 5.43 Å². The van der Waals surface area contributed by atoms with Gasteiger partial charge in [0, 0.05) is 5.56 Å². The van der Waals surface area contributed by atoms with Crippen molar-refractivity contribution in [1.82, 2.24) is 15.7 Å². The molecule has 6 N–H and O–H groups in total. The molecule has 1 aromatic rings. The fourth-order valence-corrected chi connectivity index (χ4v) is 2.19. The van der Waals surface area contributed by atoms with Crippen molar-refractivity contribution in [2.24, 2.45) is 0 Å². The number of benzene rings is 1.